The van der Waals surface area contributed by atoms with Crippen molar-refractivity contribution in [2.75, 3.05) is 7.11 Å². The second-order valence-corrected chi connectivity index (χ2v) is 6.62. The van der Waals surface area contributed by atoms with Gasteiger partial charge in [0.2, 0.25) is 0 Å². The van der Waals surface area contributed by atoms with Crippen molar-refractivity contribution in [3.05, 3.63) is 52.1 Å². The summed E-state index contributed by atoms with van der Waals surface area (Å²) in [5, 5.41) is 0. The number of hydrogen-bond donors (Lipinski definition) is 0. The van der Waals surface area contributed by atoms with Crippen LogP contribution < -0.4 is 0 Å². The highest BCUT2D eigenvalue weighted by atomic mass is 16.5. The predicted molar refractivity (Wildman–Crippen MR) is 91.8 cm³/mol. The largest absolute Gasteiger partial charge is 0.465 e. The first kappa shape index (κ1) is 16.5. The molecule has 0 heterocycles. The molecule has 0 radical (unpaired) electrons. The van der Waals surface area contributed by atoms with Gasteiger partial charge in [0.25, 0.3) is 0 Å². The topological polar surface area (TPSA) is 26.3 Å². The number of hydrogen-bond acceptors (Lipinski definition) is 2. The molecule has 0 saturated carbocycles. The smallest absolute Gasteiger partial charge is 0.337 e. The lowest BCUT2D eigenvalue weighted by Gasteiger charge is -2.35. The lowest BCUT2D eigenvalue weighted by Crippen LogP contribution is -2.21. The maximum atomic E-state index is 11.5. The number of methoxy groups -OCH3 is 1. The van der Waals surface area contributed by atoms with Gasteiger partial charge in [-0.25, -0.2) is 4.79 Å². The number of esters is 1. The van der Waals surface area contributed by atoms with Gasteiger partial charge in [-0.05, 0) is 60.4 Å². The van der Waals surface area contributed by atoms with Crippen molar-refractivity contribution in [1.29, 1.82) is 0 Å². The van der Waals surface area contributed by atoms with Crippen LogP contribution in [0.5, 0.6) is 0 Å². The molecule has 0 N–H and O–H groups in total. The first-order valence-corrected chi connectivity index (χ1v) is 7.98. The molecule has 0 saturated heterocycles. The van der Waals surface area contributed by atoms with Crippen LogP contribution in [0.25, 0.3) is 6.08 Å². The van der Waals surface area contributed by atoms with E-state index in [2.05, 4.69) is 33.8 Å². The molecule has 2 rings (SSSR count). The van der Waals surface area contributed by atoms with Gasteiger partial charge in [0.1, 0.15) is 0 Å². The van der Waals surface area contributed by atoms with Crippen molar-refractivity contribution < 1.29 is 9.53 Å². The first-order valence-electron chi connectivity index (χ1n) is 7.98. The molecular formula is C20H26O2. The van der Waals surface area contributed by atoms with Gasteiger partial charge in [-0.1, -0.05) is 44.6 Å². The van der Waals surface area contributed by atoms with E-state index in [1.165, 1.54) is 24.7 Å². The van der Waals surface area contributed by atoms with Crippen LogP contribution in [0.4, 0.5) is 0 Å². The Labute approximate surface area is 133 Å². The van der Waals surface area contributed by atoms with Crippen LogP contribution in [0.15, 0.2) is 41.0 Å². The van der Waals surface area contributed by atoms with Gasteiger partial charge in [-0.3, -0.25) is 0 Å². The van der Waals surface area contributed by atoms with Crippen LogP contribution in [-0.2, 0) is 4.74 Å². The summed E-state index contributed by atoms with van der Waals surface area (Å²) >= 11 is 0. The molecule has 2 nitrogen and oxygen atoms in total. The Morgan fingerprint density at radius 2 is 1.91 bits per heavy atom. The molecule has 0 aliphatic heterocycles. The fraction of sp³-hybridized carbons (Fsp3) is 0.450. The summed E-state index contributed by atoms with van der Waals surface area (Å²) in [5.74, 6) is -0.289. The van der Waals surface area contributed by atoms with Gasteiger partial charge in [-0.2, -0.15) is 0 Å². The van der Waals surface area contributed by atoms with Crippen LogP contribution in [0.2, 0.25) is 0 Å². The van der Waals surface area contributed by atoms with Crippen LogP contribution in [0.3, 0.4) is 0 Å². The highest BCUT2D eigenvalue weighted by Crippen LogP contribution is 2.44. The molecule has 1 aliphatic carbocycles. The zero-order valence-electron chi connectivity index (χ0n) is 14.3. The van der Waals surface area contributed by atoms with Gasteiger partial charge in [-0.15, -0.1) is 0 Å². The minimum absolute atomic E-state index is 0.289. The molecular weight excluding hydrogens is 272 g/mol. The predicted octanol–water partition coefficient (Wildman–Crippen LogP) is 5.40. The zero-order chi connectivity index (χ0) is 16.3. The molecule has 1 aromatic rings. The van der Waals surface area contributed by atoms with Crippen LogP contribution in [0, 0.1) is 5.41 Å². The van der Waals surface area contributed by atoms with E-state index < -0.39 is 0 Å². The number of ether oxygens (including phenoxy) is 1. The summed E-state index contributed by atoms with van der Waals surface area (Å²) in [6, 6.07) is 7.62. The molecule has 1 aliphatic rings. The Balaban J connectivity index is 2.32. The maximum Gasteiger partial charge on any atom is 0.337 e. The Morgan fingerprint density at radius 1 is 1.27 bits per heavy atom. The summed E-state index contributed by atoms with van der Waals surface area (Å²) in [6.45, 7) is 9.18. The molecule has 0 fully saturated rings. The van der Waals surface area contributed by atoms with Crippen molar-refractivity contribution >= 4 is 12.0 Å². The van der Waals surface area contributed by atoms with E-state index in [9.17, 15) is 4.79 Å². The normalized spacial score (nSPS) is 19.4. The minimum atomic E-state index is -0.289. The molecule has 2 heteroatoms. The third kappa shape index (κ3) is 3.32. The molecule has 22 heavy (non-hydrogen) atoms. The maximum absolute atomic E-state index is 11.5. The van der Waals surface area contributed by atoms with Crippen molar-refractivity contribution in [2.45, 2.75) is 47.0 Å². The Kier molecular flexibility index (Phi) is 4.90. The van der Waals surface area contributed by atoms with Gasteiger partial charge in [0.05, 0.1) is 12.7 Å². The summed E-state index contributed by atoms with van der Waals surface area (Å²) in [6.07, 6.45) is 5.67. The minimum Gasteiger partial charge on any atom is -0.465 e. The molecule has 0 spiro atoms. The molecule has 0 amide bonds. The standard InChI is InChI=1S/C20H26O2/c1-6-18-14(2)17(11-12-20(18,3)4)13-15-7-9-16(10-8-15)19(21)22-5/h7-10,13H,6,11-12H2,1-5H3. The van der Waals surface area contributed by atoms with E-state index in [0.717, 1.165) is 18.4 Å². The molecule has 1 aromatic carbocycles. The Morgan fingerprint density at radius 3 is 2.45 bits per heavy atom. The molecule has 0 atom stereocenters. The first-order chi connectivity index (χ1) is 10.4. The second kappa shape index (κ2) is 6.51. The fourth-order valence-corrected chi connectivity index (χ4v) is 3.45. The number of benzene rings is 1. The molecule has 118 valence electrons. The summed E-state index contributed by atoms with van der Waals surface area (Å²) < 4.78 is 4.73. The lowest BCUT2D eigenvalue weighted by molar-refractivity contribution is 0.0600. The lowest BCUT2D eigenvalue weighted by atomic mass is 9.70. The van der Waals surface area contributed by atoms with Crippen LogP contribution in [-0.4, -0.2) is 13.1 Å². The number of carbonyl (C=O) groups is 1. The third-order valence-corrected chi connectivity index (χ3v) is 4.80. The average Bonchev–Trinajstić information content (AvgIpc) is 2.50. The number of rotatable bonds is 3. The van der Waals surface area contributed by atoms with Gasteiger partial charge in [0, 0.05) is 0 Å². The van der Waals surface area contributed by atoms with Crippen LogP contribution >= 0.6 is 0 Å². The van der Waals surface area contributed by atoms with Gasteiger partial charge in [0.15, 0.2) is 0 Å². The second-order valence-electron chi connectivity index (χ2n) is 6.62. The quantitative estimate of drug-likeness (QED) is 0.698. The average molecular weight is 298 g/mol. The Hall–Kier alpha value is -1.83. The van der Waals surface area contributed by atoms with Gasteiger partial charge >= 0.3 is 5.97 Å². The number of allylic oxidation sites excluding steroid dienone is 3. The SMILES string of the molecule is CCC1=C(C)C(=Cc2ccc(C(=O)OC)cc2)CCC1(C)C. The third-order valence-electron chi connectivity index (χ3n) is 4.80. The fourth-order valence-electron chi connectivity index (χ4n) is 3.45. The van der Waals surface area contributed by atoms with E-state index in [-0.39, 0.29) is 5.97 Å². The van der Waals surface area contributed by atoms with Crippen molar-refractivity contribution in [2.24, 2.45) is 5.41 Å². The van der Waals surface area contributed by atoms with E-state index in [1.807, 2.05) is 24.3 Å². The molecule has 0 aromatic heterocycles. The monoisotopic (exact) mass is 298 g/mol. The Bertz CT molecular complexity index is 616. The van der Waals surface area contributed by atoms with Gasteiger partial charge < -0.3 is 4.74 Å². The summed E-state index contributed by atoms with van der Waals surface area (Å²) in [5.41, 5.74) is 6.47. The van der Waals surface area contributed by atoms with Crippen LogP contribution in [0.1, 0.15) is 62.9 Å². The molecule has 0 unspecified atom stereocenters. The van der Waals surface area contributed by atoms with Crippen molar-refractivity contribution in [3.8, 4) is 0 Å². The van der Waals surface area contributed by atoms with E-state index in [1.54, 1.807) is 5.57 Å². The molecule has 0 bridgehead atoms. The van der Waals surface area contributed by atoms with E-state index in [4.69, 9.17) is 4.74 Å². The van der Waals surface area contributed by atoms with Crippen molar-refractivity contribution in [3.63, 3.8) is 0 Å². The summed E-state index contributed by atoms with van der Waals surface area (Å²) in [4.78, 5) is 11.5. The van der Waals surface area contributed by atoms with E-state index in [0.29, 0.717) is 11.0 Å². The highest BCUT2D eigenvalue weighted by Gasteiger charge is 2.29. The summed E-state index contributed by atoms with van der Waals surface area (Å²) in [7, 11) is 1.41. The van der Waals surface area contributed by atoms with E-state index >= 15 is 0 Å². The zero-order valence-corrected chi connectivity index (χ0v) is 14.3. The van der Waals surface area contributed by atoms with Crippen molar-refractivity contribution in [1.82, 2.24) is 0 Å². The highest BCUT2D eigenvalue weighted by molar-refractivity contribution is 5.89. The number of carbonyl (C=O) groups excluding carboxylic acids is 1.